The average molecular weight is 307 g/mol. The molecule has 5 nitrogen and oxygen atoms in total. The molecule has 1 amide bonds. The van der Waals surface area contributed by atoms with Crippen molar-refractivity contribution in [2.24, 2.45) is 7.05 Å². The highest BCUT2D eigenvalue weighted by Gasteiger charge is 2.12. The minimum Gasteiger partial charge on any atom is -0.348 e. The van der Waals surface area contributed by atoms with Crippen LogP contribution in [0.15, 0.2) is 18.3 Å². The van der Waals surface area contributed by atoms with E-state index < -0.39 is 0 Å². The van der Waals surface area contributed by atoms with Gasteiger partial charge in [0.15, 0.2) is 0 Å². The van der Waals surface area contributed by atoms with E-state index in [9.17, 15) is 4.79 Å². The molecule has 0 aliphatic heterocycles. The van der Waals surface area contributed by atoms with E-state index in [0.29, 0.717) is 17.3 Å². The van der Waals surface area contributed by atoms with Crippen LogP contribution in [0.1, 0.15) is 47.1 Å². The van der Waals surface area contributed by atoms with E-state index in [1.807, 2.05) is 27.8 Å². The molecule has 2 aromatic rings. The highest BCUT2D eigenvalue weighted by molar-refractivity contribution is 6.29. The summed E-state index contributed by atoms with van der Waals surface area (Å²) in [6, 6.07) is 3.36. The number of amides is 1. The fraction of sp³-hybridized carbons (Fsp3) is 0.400. The van der Waals surface area contributed by atoms with E-state index in [2.05, 4.69) is 15.4 Å². The first kappa shape index (κ1) is 15.5. The van der Waals surface area contributed by atoms with Crippen molar-refractivity contribution < 1.29 is 4.79 Å². The minimum absolute atomic E-state index is 0.163. The van der Waals surface area contributed by atoms with E-state index >= 15 is 0 Å². The first-order chi connectivity index (χ1) is 9.88. The molecule has 2 rings (SSSR count). The lowest BCUT2D eigenvalue weighted by Crippen LogP contribution is -2.23. The molecule has 21 heavy (non-hydrogen) atoms. The molecule has 0 fully saturated rings. The first-order valence-corrected chi connectivity index (χ1v) is 7.19. The van der Waals surface area contributed by atoms with Crippen molar-refractivity contribution in [3.05, 3.63) is 46.0 Å². The standard InChI is InChI=1S/C15H19ClN4O/c1-9(2)13-5-11(6-14(16)19-13)15(21)17-7-12-8-18-20(4)10(12)3/h5-6,8-9H,7H2,1-4H3,(H,17,21). The van der Waals surface area contributed by atoms with Gasteiger partial charge in [0.25, 0.3) is 5.91 Å². The molecule has 0 atom stereocenters. The Morgan fingerprint density at radius 3 is 2.71 bits per heavy atom. The van der Waals surface area contributed by atoms with Crippen LogP contribution in [-0.2, 0) is 13.6 Å². The summed E-state index contributed by atoms with van der Waals surface area (Å²) in [6.45, 7) is 6.43. The summed E-state index contributed by atoms with van der Waals surface area (Å²) in [5.41, 5.74) is 3.37. The third-order valence-corrected chi connectivity index (χ3v) is 3.64. The van der Waals surface area contributed by atoms with Gasteiger partial charge in [0.2, 0.25) is 0 Å². The van der Waals surface area contributed by atoms with Gasteiger partial charge < -0.3 is 5.32 Å². The number of aryl methyl sites for hydroxylation is 1. The molecule has 2 aromatic heterocycles. The molecular weight excluding hydrogens is 288 g/mol. The number of pyridine rings is 1. The molecule has 2 heterocycles. The van der Waals surface area contributed by atoms with Crippen molar-refractivity contribution in [3.63, 3.8) is 0 Å². The van der Waals surface area contributed by atoms with Crippen LogP contribution in [-0.4, -0.2) is 20.7 Å². The third kappa shape index (κ3) is 3.61. The summed E-state index contributed by atoms with van der Waals surface area (Å²) in [6.07, 6.45) is 1.76. The summed E-state index contributed by atoms with van der Waals surface area (Å²) in [4.78, 5) is 16.5. The zero-order valence-electron chi connectivity index (χ0n) is 12.6. The highest BCUT2D eigenvalue weighted by atomic mass is 35.5. The van der Waals surface area contributed by atoms with Gasteiger partial charge in [0.05, 0.1) is 6.20 Å². The average Bonchev–Trinajstić information content (AvgIpc) is 2.75. The number of hydrogen-bond acceptors (Lipinski definition) is 3. The maximum atomic E-state index is 12.2. The Labute approximate surface area is 129 Å². The zero-order valence-corrected chi connectivity index (χ0v) is 13.4. The summed E-state index contributed by atoms with van der Waals surface area (Å²) in [5.74, 6) is 0.0558. The fourth-order valence-corrected chi connectivity index (χ4v) is 2.15. The summed E-state index contributed by atoms with van der Waals surface area (Å²) in [5, 5.41) is 7.37. The SMILES string of the molecule is Cc1c(CNC(=O)c2cc(Cl)nc(C(C)C)c2)cnn1C. The Balaban J connectivity index is 2.12. The molecule has 0 aliphatic rings. The molecular formula is C15H19ClN4O. The first-order valence-electron chi connectivity index (χ1n) is 6.81. The largest absolute Gasteiger partial charge is 0.348 e. The Hall–Kier alpha value is -1.88. The van der Waals surface area contributed by atoms with Gasteiger partial charge in [-0.25, -0.2) is 4.98 Å². The Bertz CT molecular complexity index is 664. The smallest absolute Gasteiger partial charge is 0.251 e. The molecule has 112 valence electrons. The zero-order chi connectivity index (χ0) is 15.6. The topological polar surface area (TPSA) is 59.8 Å². The number of halogens is 1. The van der Waals surface area contributed by atoms with Gasteiger partial charge >= 0.3 is 0 Å². The van der Waals surface area contributed by atoms with Crippen LogP contribution >= 0.6 is 11.6 Å². The van der Waals surface area contributed by atoms with E-state index in [1.165, 1.54) is 0 Å². The molecule has 0 aliphatic carbocycles. The van der Waals surface area contributed by atoms with Crippen molar-refractivity contribution >= 4 is 17.5 Å². The molecule has 0 saturated heterocycles. The molecule has 1 N–H and O–H groups in total. The van der Waals surface area contributed by atoms with Gasteiger partial charge in [-0.15, -0.1) is 0 Å². The lowest BCUT2D eigenvalue weighted by atomic mass is 10.1. The number of nitrogens with one attached hydrogen (secondary N) is 1. The van der Waals surface area contributed by atoms with Crippen molar-refractivity contribution in [2.75, 3.05) is 0 Å². The summed E-state index contributed by atoms with van der Waals surface area (Å²) < 4.78 is 1.78. The number of nitrogens with zero attached hydrogens (tertiary/aromatic N) is 3. The van der Waals surface area contributed by atoms with Crippen LogP contribution in [0, 0.1) is 6.92 Å². The van der Waals surface area contributed by atoms with E-state index in [4.69, 9.17) is 11.6 Å². The van der Waals surface area contributed by atoms with Gasteiger partial charge in [0, 0.05) is 36.1 Å². The third-order valence-electron chi connectivity index (χ3n) is 3.44. The maximum Gasteiger partial charge on any atom is 0.251 e. The molecule has 0 spiro atoms. The molecule has 6 heteroatoms. The molecule has 0 saturated carbocycles. The quantitative estimate of drug-likeness (QED) is 0.884. The normalized spacial score (nSPS) is 11.0. The highest BCUT2D eigenvalue weighted by Crippen LogP contribution is 2.17. The van der Waals surface area contributed by atoms with Crippen molar-refractivity contribution in [2.45, 2.75) is 33.2 Å². The predicted molar refractivity (Wildman–Crippen MR) is 82.5 cm³/mol. The fourth-order valence-electron chi connectivity index (χ4n) is 1.94. The molecule has 0 radical (unpaired) electrons. The second-order valence-corrected chi connectivity index (χ2v) is 5.71. The van der Waals surface area contributed by atoms with Gasteiger partial charge in [-0.2, -0.15) is 5.10 Å². The van der Waals surface area contributed by atoms with Crippen LogP contribution in [0.4, 0.5) is 0 Å². The maximum absolute atomic E-state index is 12.2. The van der Waals surface area contributed by atoms with Crippen molar-refractivity contribution in [1.29, 1.82) is 0 Å². The van der Waals surface area contributed by atoms with Crippen LogP contribution in [0.5, 0.6) is 0 Å². The summed E-state index contributed by atoms with van der Waals surface area (Å²) in [7, 11) is 1.87. The number of carbonyl (C=O) groups is 1. The lowest BCUT2D eigenvalue weighted by Gasteiger charge is -2.09. The van der Waals surface area contributed by atoms with Crippen LogP contribution in [0.3, 0.4) is 0 Å². The van der Waals surface area contributed by atoms with E-state index in [1.54, 1.807) is 23.0 Å². The van der Waals surface area contributed by atoms with E-state index in [0.717, 1.165) is 17.0 Å². The van der Waals surface area contributed by atoms with Crippen LogP contribution < -0.4 is 5.32 Å². The van der Waals surface area contributed by atoms with Gasteiger partial charge in [-0.3, -0.25) is 9.48 Å². The Morgan fingerprint density at radius 2 is 2.14 bits per heavy atom. The van der Waals surface area contributed by atoms with Gasteiger partial charge in [-0.1, -0.05) is 25.4 Å². The van der Waals surface area contributed by atoms with E-state index in [-0.39, 0.29) is 11.8 Å². The number of aromatic nitrogens is 3. The minimum atomic E-state index is -0.163. The molecule has 0 bridgehead atoms. The monoisotopic (exact) mass is 306 g/mol. The van der Waals surface area contributed by atoms with Crippen LogP contribution in [0.2, 0.25) is 5.15 Å². The lowest BCUT2D eigenvalue weighted by molar-refractivity contribution is 0.0950. The second-order valence-electron chi connectivity index (χ2n) is 5.32. The van der Waals surface area contributed by atoms with Crippen molar-refractivity contribution in [1.82, 2.24) is 20.1 Å². The number of rotatable bonds is 4. The molecule has 0 unspecified atom stereocenters. The second kappa shape index (κ2) is 6.26. The van der Waals surface area contributed by atoms with Crippen LogP contribution in [0.25, 0.3) is 0 Å². The predicted octanol–water partition coefficient (Wildman–Crippen LogP) is 2.83. The Kier molecular flexibility index (Phi) is 4.63. The van der Waals surface area contributed by atoms with Crippen molar-refractivity contribution in [3.8, 4) is 0 Å². The van der Waals surface area contributed by atoms with Gasteiger partial charge in [-0.05, 0) is 25.0 Å². The molecule has 0 aromatic carbocycles. The Morgan fingerprint density at radius 1 is 1.43 bits per heavy atom. The number of carbonyl (C=O) groups excluding carboxylic acids is 1. The number of hydrogen-bond donors (Lipinski definition) is 1. The summed E-state index contributed by atoms with van der Waals surface area (Å²) >= 11 is 5.98. The van der Waals surface area contributed by atoms with Gasteiger partial charge in [0.1, 0.15) is 5.15 Å².